The lowest BCUT2D eigenvalue weighted by Gasteiger charge is -2.16. The molecule has 0 aliphatic carbocycles. The number of benzene rings is 3. The second-order valence-electron chi connectivity index (χ2n) is 4.86. The summed E-state index contributed by atoms with van der Waals surface area (Å²) in [5.41, 5.74) is 7.98. The van der Waals surface area contributed by atoms with Crippen LogP contribution in [0.2, 0.25) is 5.02 Å². The molecule has 2 N–H and O–H groups in total. The SMILES string of the molecule is NC(c1cc(F)cc(Br)c1)c1ccc(Cl)c2ccccc12. The minimum atomic E-state index is -0.417. The maximum absolute atomic E-state index is 13.6. The average molecular weight is 365 g/mol. The Kier molecular flexibility index (Phi) is 3.98. The molecule has 1 atom stereocenters. The van der Waals surface area contributed by atoms with Crippen LogP contribution in [0.15, 0.2) is 59.1 Å². The number of hydrogen-bond acceptors (Lipinski definition) is 1. The van der Waals surface area contributed by atoms with Crippen molar-refractivity contribution < 1.29 is 4.39 Å². The van der Waals surface area contributed by atoms with E-state index >= 15 is 0 Å². The zero-order valence-electron chi connectivity index (χ0n) is 11.0. The van der Waals surface area contributed by atoms with Crippen LogP contribution in [0.1, 0.15) is 17.2 Å². The summed E-state index contributed by atoms with van der Waals surface area (Å²) in [6.07, 6.45) is 0. The van der Waals surface area contributed by atoms with Crippen molar-refractivity contribution in [3.8, 4) is 0 Å². The quantitative estimate of drug-likeness (QED) is 0.643. The summed E-state index contributed by atoms with van der Waals surface area (Å²) in [7, 11) is 0. The molecule has 21 heavy (non-hydrogen) atoms. The molecule has 3 rings (SSSR count). The number of halogens is 3. The van der Waals surface area contributed by atoms with Gasteiger partial charge in [0.1, 0.15) is 5.82 Å². The largest absolute Gasteiger partial charge is 0.320 e. The first-order valence-corrected chi connectivity index (χ1v) is 7.62. The molecule has 3 aromatic carbocycles. The van der Waals surface area contributed by atoms with Gasteiger partial charge in [0.05, 0.1) is 6.04 Å². The Morgan fingerprint density at radius 3 is 2.43 bits per heavy atom. The maximum atomic E-state index is 13.6. The average Bonchev–Trinajstić information content (AvgIpc) is 2.46. The number of rotatable bonds is 2. The van der Waals surface area contributed by atoms with Gasteiger partial charge in [-0.3, -0.25) is 0 Å². The lowest BCUT2D eigenvalue weighted by molar-refractivity contribution is 0.622. The number of nitrogens with two attached hydrogens (primary N) is 1. The molecule has 0 spiro atoms. The zero-order chi connectivity index (χ0) is 15.0. The molecular weight excluding hydrogens is 353 g/mol. The molecule has 1 unspecified atom stereocenters. The third kappa shape index (κ3) is 2.82. The Morgan fingerprint density at radius 1 is 1.00 bits per heavy atom. The second-order valence-corrected chi connectivity index (χ2v) is 6.19. The van der Waals surface area contributed by atoms with Gasteiger partial charge in [-0.15, -0.1) is 0 Å². The van der Waals surface area contributed by atoms with Gasteiger partial charge in [-0.25, -0.2) is 4.39 Å². The van der Waals surface area contributed by atoms with E-state index in [2.05, 4.69) is 15.9 Å². The Labute approximate surface area is 135 Å². The van der Waals surface area contributed by atoms with Gasteiger partial charge >= 0.3 is 0 Å². The van der Waals surface area contributed by atoms with Crippen molar-refractivity contribution in [2.45, 2.75) is 6.04 Å². The van der Waals surface area contributed by atoms with Crippen LogP contribution in [0.3, 0.4) is 0 Å². The van der Waals surface area contributed by atoms with Crippen LogP contribution < -0.4 is 5.73 Å². The smallest absolute Gasteiger partial charge is 0.124 e. The molecule has 0 aromatic heterocycles. The van der Waals surface area contributed by atoms with Gasteiger partial charge in [-0.05, 0) is 40.8 Å². The molecule has 0 amide bonds. The van der Waals surface area contributed by atoms with Gasteiger partial charge in [-0.2, -0.15) is 0 Å². The number of hydrogen-bond donors (Lipinski definition) is 1. The summed E-state index contributed by atoms with van der Waals surface area (Å²) in [4.78, 5) is 0. The predicted molar refractivity (Wildman–Crippen MR) is 89.1 cm³/mol. The minimum Gasteiger partial charge on any atom is -0.320 e. The van der Waals surface area contributed by atoms with Gasteiger partial charge in [-0.1, -0.05) is 57.9 Å². The van der Waals surface area contributed by atoms with E-state index < -0.39 is 6.04 Å². The Balaban J connectivity index is 2.18. The Morgan fingerprint density at radius 2 is 1.71 bits per heavy atom. The summed E-state index contributed by atoms with van der Waals surface area (Å²) in [5, 5.41) is 2.61. The highest BCUT2D eigenvalue weighted by Gasteiger charge is 2.14. The molecule has 0 fully saturated rings. The van der Waals surface area contributed by atoms with E-state index in [9.17, 15) is 4.39 Å². The Bertz CT molecular complexity index is 799. The number of fused-ring (bicyclic) bond motifs is 1. The summed E-state index contributed by atoms with van der Waals surface area (Å²) in [6, 6.07) is 15.8. The molecule has 0 aliphatic heterocycles. The van der Waals surface area contributed by atoms with Crippen molar-refractivity contribution in [3.05, 3.63) is 81.0 Å². The minimum absolute atomic E-state index is 0.312. The Hall–Kier alpha value is -1.42. The van der Waals surface area contributed by atoms with Crippen molar-refractivity contribution >= 4 is 38.3 Å². The molecule has 0 saturated carbocycles. The van der Waals surface area contributed by atoms with Crippen LogP contribution >= 0.6 is 27.5 Å². The highest BCUT2D eigenvalue weighted by Crippen LogP contribution is 2.32. The van der Waals surface area contributed by atoms with E-state index in [1.807, 2.05) is 42.5 Å². The zero-order valence-corrected chi connectivity index (χ0v) is 13.3. The first-order valence-electron chi connectivity index (χ1n) is 6.45. The van der Waals surface area contributed by atoms with Crippen molar-refractivity contribution in [1.29, 1.82) is 0 Å². The molecule has 0 heterocycles. The second kappa shape index (κ2) is 5.76. The summed E-state index contributed by atoms with van der Waals surface area (Å²) in [5.74, 6) is -0.312. The van der Waals surface area contributed by atoms with E-state index in [1.54, 1.807) is 0 Å². The fraction of sp³-hybridized carbons (Fsp3) is 0.0588. The van der Waals surface area contributed by atoms with Crippen LogP contribution in [-0.2, 0) is 0 Å². The lowest BCUT2D eigenvalue weighted by atomic mass is 9.94. The molecule has 106 valence electrons. The monoisotopic (exact) mass is 363 g/mol. The van der Waals surface area contributed by atoms with E-state index in [0.29, 0.717) is 15.1 Å². The normalized spacial score (nSPS) is 12.6. The first-order chi connectivity index (χ1) is 10.1. The van der Waals surface area contributed by atoms with Crippen molar-refractivity contribution in [2.24, 2.45) is 5.73 Å². The molecular formula is C17H12BrClFN. The fourth-order valence-corrected chi connectivity index (χ4v) is 3.20. The first kappa shape index (κ1) is 14.5. The third-order valence-electron chi connectivity index (χ3n) is 3.48. The highest BCUT2D eigenvalue weighted by atomic mass is 79.9. The molecule has 0 radical (unpaired) electrons. The van der Waals surface area contributed by atoms with E-state index in [-0.39, 0.29) is 5.82 Å². The van der Waals surface area contributed by atoms with Crippen molar-refractivity contribution in [3.63, 3.8) is 0 Å². The summed E-state index contributed by atoms with van der Waals surface area (Å²) >= 11 is 9.52. The molecule has 3 aromatic rings. The van der Waals surface area contributed by atoms with Gasteiger partial charge in [0.15, 0.2) is 0 Å². The van der Waals surface area contributed by atoms with Crippen LogP contribution in [0.5, 0.6) is 0 Å². The van der Waals surface area contributed by atoms with Gasteiger partial charge in [0.25, 0.3) is 0 Å². The van der Waals surface area contributed by atoms with Gasteiger partial charge in [0, 0.05) is 14.9 Å². The van der Waals surface area contributed by atoms with Crippen LogP contribution in [0.25, 0.3) is 10.8 Å². The van der Waals surface area contributed by atoms with Gasteiger partial charge in [0.2, 0.25) is 0 Å². The van der Waals surface area contributed by atoms with E-state index in [0.717, 1.165) is 16.3 Å². The molecule has 1 nitrogen and oxygen atoms in total. The van der Waals surface area contributed by atoms with Crippen LogP contribution in [-0.4, -0.2) is 0 Å². The van der Waals surface area contributed by atoms with E-state index in [4.69, 9.17) is 17.3 Å². The molecule has 0 saturated heterocycles. The van der Waals surface area contributed by atoms with Gasteiger partial charge < -0.3 is 5.73 Å². The molecule has 4 heteroatoms. The standard InChI is InChI=1S/C17H12BrClFN/c18-11-7-10(8-12(20)9-11)17(21)15-5-6-16(19)14-4-2-1-3-13(14)15/h1-9,17H,21H2. The van der Waals surface area contributed by atoms with Crippen LogP contribution in [0.4, 0.5) is 4.39 Å². The topological polar surface area (TPSA) is 26.0 Å². The van der Waals surface area contributed by atoms with Crippen molar-refractivity contribution in [1.82, 2.24) is 0 Å². The highest BCUT2D eigenvalue weighted by molar-refractivity contribution is 9.10. The maximum Gasteiger partial charge on any atom is 0.124 e. The predicted octanol–water partition coefficient (Wildman–Crippen LogP) is 5.44. The lowest BCUT2D eigenvalue weighted by Crippen LogP contribution is -2.12. The summed E-state index contributed by atoms with van der Waals surface area (Å²) < 4.78 is 14.2. The summed E-state index contributed by atoms with van der Waals surface area (Å²) in [6.45, 7) is 0. The van der Waals surface area contributed by atoms with E-state index in [1.165, 1.54) is 12.1 Å². The molecule has 0 bridgehead atoms. The fourth-order valence-electron chi connectivity index (χ4n) is 2.49. The molecule has 0 aliphatic rings. The van der Waals surface area contributed by atoms with Crippen LogP contribution in [0, 0.1) is 5.82 Å². The van der Waals surface area contributed by atoms with Crippen molar-refractivity contribution in [2.75, 3.05) is 0 Å². The third-order valence-corrected chi connectivity index (χ3v) is 4.27.